The lowest BCUT2D eigenvalue weighted by Gasteiger charge is -2.19. The average Bonchev–Trinajstić information content (AvgIpc) is 2.69. The molecule has 160 valence electrons. The van der Waals surface area contributed by atoms with E-state index in [0.717, 1.165) is 21.7 Å². The van der Waals surface area contributed by atoms with E-state index in [1.54, 1.807) is 31.4 Å². The fourth-order valence-electron chi connectivity index (χ4n) is 3.04. The van der Waals surface area contributed by atoms with E-state index in [0.29, 0.717) is 24.4 Å². The number of hydrogen-bond donors (Lipinski definition) is 3. The molecule has 0 fully saturated rings. The summed E-state index contributed by atoms with van der Waals surface area (Å²) in [6.45, 7) is 6.62. The molecule has 2 amide bonds. The van der Waals surface area contributed by atoms with E-state index in [2.05, 4.69) is 10.6 Å². The van der Waals surface area contributed by atoms with Crippen molar-refractivity contribution in [1.29, 1.82) is 0 Å². The van der Waals surface area contributed by atoms with Crippen molar-refractivity contribution in [3.05, 3.63) is 59.2 Å². The number of carbonyl (C=O) groups is 3. The minimum Gasteiger partial charge on any atom is -0.379 e. The molecule has 7 nitrogen and oxygen atoms in total. The highest BCUT2D eigenvalue weighted by atomic mass is 16.5. The van der Waals surface area contributed by atoms with Crippen molar-refractivity contribution in [2.45, 2.75) is 20.8 Å². The van der Waals surface area contributed by atoms with Crippen LogP contribution in [0.15, 0.2) is 42.5 Å². The molecule has 2 aromatic rings. The van der Waals surface area contributed by atoms with Crippen LogP contribution in [0.5, 0.6) is 0 Å². The van der Waals surface area contributed by atoms with Crippen molar-refractivity contribution in [3.8, 4) is 0 Å². The van der Waals surface area contributed by atoms with Gasteiger partial charge < -0.3 is 20.3 Å². The zero-order chi connectivity index (χ0) is 22.1. The molecule has 1 unspecified atom stereocenters. The quantitative estimate of drug-likeness (QED) is 0.518. The van der Waals surface area contributed by atoms with Crippen LogP contribution < -0.4 is 15.5 Å². The van der Waals surface area contributed by atoms with E-state index in [-0.39, 0.29) is 30.7 Å². The summed E-state index contributed by atoms with van der Waals surface area (Å²) in [5.74, 6) is -0.468. The third-order valence-electron chi connectivity index (χ3n) is 4.91. The standard InChI is InChI=1S/C23H29N3O4/c1-16-7-5-10-21(17(16)2)25-23(29)15-26(11-12-30-4)14-22(28)24-20-9-6-8-19(13-20)18(3)27/h5-10,13H,11-12,14-15H2,1-4H3,(H,24,28)(H,25,29)/p+1. The normalized spacial score (nSPS) is 11.6. The van der Waals surface area contributed by atoms with E-state index in [4.69, 9.17) is 4.74 Å². The molecule has 0 saturated heterocycles. The molecule has 0 bridgehead atoms. The number of ketones is 1. The average molecular weight is 413 g/mol. The van der Waals surface area contributed by atoms with Crippen LogP contribution in [0.4, 0.5) is 11.4 Å². The topological polar surface area (TPSA) is 88.9 Å². The fraction of sp³-hybridized carbons (Fsp3) is 0.348. The summed E-state index contributed by atoms with van der Waals surface area (Å²) in [5.41, 5.74) is 3.98. The molecule has 2 aromatic carbocycles. The number of anilines is 2. The number of hydrogen-bond acceptors (Lipinski definition) is 4. The fourth-order valence-corrected chi connectivity index (χ4v) is 3.04. The number of Topliss-reactive ketones (excluding diaryl/α,β-unsaturated/α-hetero) is 1. The molecule has 2 rings (SSSR count). The third-order valence-corrected chi connectivity index (χ3v) is 4.91. The number of amides is 2. The van der Waals surface area contributed by atoms with Crippen LogP contribution in [0, 0.1) is 13.8 Å². The van der Waals surface area contributed by atoms with E-state index < -0.39 is 0 Å². The van der Waals surface area contributed by atoms with Gasteiger partial charge in [0.2, 0.25) is 0 Å². The Morgan fingerprint density at radius 2 is 1.63 bits per heavy atom. The van der Waals surface area contributed by atoms with Crippen molar-refractivity contribution >= 4 is 29.0 Å². The third kappa shape index (κ3) is 7.09. The number of rotatable bonds is 10. The number of quaternary nitrogens is 1. The zero-order valence-electron chi connectivity index (χ0n) is 18.0. The molecule has 0 aromatic heterocycles. The maximum absolute atomic E-state index is 12.6. The van der Waals surface area contributed by atoms with Crippen molar-refractivity contribution in [1.82, 2.24) is 0 Å². The molecule has 0 saturated carbocycles. The minimum atomic E-state index is -0.235. The van der Waals surface area contributed by atoms with Gasteiger partial charge in [-0.3, -0.25) is 14.4 Å². The lowest BCUT2D eigenvalue weighted by atomic mass is 10.1. The monoisotopic (exact) mass is 412 g/mol. The van der Waals surface area contributed by atoms with Crippen LogP contribution >= 0.6 is 0 Å². The molecule has 0 aliphatic carbocycles. The molecule has 0 aliphatic heterocycles. The van der Waals surface area contributed by atoms with Gasteiger partial charge in [-0.2, -0.15) is 0 Å². The molecule has 3 N–H and O–H groups in total. The summed E-state index contributed by atoms with van der Waals surface area (Å²) >= 11 is 0. The summed E-state index contributed by atoms with van der Waals surface area (Å²) in [4.78, 5) is 37.4. The predicted molar refractivity (Wildman–Crippen MR) is 117 cm³/mol. The van der Waals surface area contributed by atoms with Crippen molar-refractivity contribution < 1.29 is 24.0 Å². The van der Waals surface area contributed by atoms with Crippen LogP contribution in [0.3, 0.4) is 0 Å². The zero-order valence-corrected chi connectivity index (χ0v) is 18.0. The molecular formula is C23H30N3O4+. The van der Waals surface area contributed by atoms with Gasteiger partial charge in [0.25, 0.3) is 11.8 Å². The summed E-state index contributed by atoms with van der Waals surface area (Å²) in [6, 6.07) is 12.5. The minimum absolute atomic E-state index is 0.0680. The molecule has 30 heavy (non-hydrogen) atoms. The Bertz CT molecular complexity index is 911. The Morgan fingerprint density at radius 1 is 0.967 bits per heavy atom. The van der Waals surface area contributed by atoms with Gasteiger partial charge in [-0.05, 0) is 50.1 Å². The van der Waals surface area contributed by atoms with Crippen LogP contribution in [0.1, 0.15) is 28.4 Å². The van der Waals surface area contributed by atoms with Crippen molar-refractivity contribution in [3.63, 3.8) is 0 Å². The Kier molecular flexibility index (Phi) is 8.70. The first kappa shape index (κ1) is 23.3. The Balaban J connectivity index is 1.99. The Hall–Kier alpha value is -3.03. The van der Waals surface area contributed by atoms with Gasteiger partial charge in [-0.15, -0.1) is 0 Å². The maximum Gasteiger partial charge on any atom is 0.279 e. The van der Waals surface area contributed by atoms with Crippen molar-refractivity contribution in [2.24, 2.45) is 0 Å². The van der Waals surface area contributed by atoms with E-state index in [1.807, 2.05) is 32.0 Å². The Morgan fingerprint density at radius 3 is 2.30 bits per heavy atom. The number of nitrogens with one attached hydrogen (secondary N) is 3. The lowest BCUT2D eigenvalue weighted by molar-refractivity contribution is -0.883. The van der Waals surface area contributed by atoms with E-state index in [1.165, 1.54) is 6.92 Å². The largest absolute Gasteiger partial charge is 0.379 e. The number of aryl methyl sites for hydroxylation is 1. The Labute approximate surface area is 177 Å². The van der Waals surface area contributed by atoms with Gasteiger partial charge in [-0.25, -0.2) is 0 Å². The summed E-state index contributed by atoms with van der Waals surface area (Å²) < 4.78 is 5.13. The first-order chi connectivity index (χ1) is 14.3. The molecule has 7 heteroatoms. The van der Waals surface area contributed by atoms with Crippen molar-refractivity contribution in [2.75, 3.05) is 44.0 Å². The SMILES string of the molecule is COCC[NH+](CC(=O)Nc1cccc(C(C)=O)c1)CC(=O)Nc1cccc(C)c1C. The van der Waals surface area contributed by atoms with E-state index >= 15 is 0 Å². The van der Waals surface area contributed by atoms with Gasteiger partial charge in [0.05, 0.1) is 6.61 Å². The molecule has 0 radical (unpaired) electrons. The smallest absolute Gasteiger partial charge is 0.279 e. The van der Waals surface area contributed by atoms with Crippen LogP contribution in [0.2, 0.25) is 0 Å². The number of benzene rings is 2. The van der Waals surface area contributed by atoms with Crippen LogP contribution in [-0.2, 0) is 14.3 Å². The molecule has 0 spiro atoms. The van der Waals surface area contributed by atoms with Gasteiger partial charge in [0, 0.05) is 24.0 Å². The predicted octanol–water partition coefficient (Wildman–Crippen LogP) is 1.61. The second kappa shape index (κ2) is 11.2. The van der Waals surface area contributed by atoms with Gasteiger partial charge in [0.1, 0.15) is 6.54 Å². The number of methoxy groups -OCH3 is 1. The number of ether oxygens (including phenoxy) is 1. The summed E-state index contributed by atoms with van der Waals surface area (Å²) in [6.07, 6.45) is 0. The lowest BCUT2D eigenvalue weighted by Crippen LogP contribution is -3.14. The maximum atomic E-state index is 12.6. The summed E-state index contributed by atoms with van der Waals surface area (Å²) in [5, 5.41) is 5.73. The van der Waals surface area contributed by atoms with Crippen LogP contribution in [0.25, 0.3) is 0 Å². The summed E-state index contributed by atoms with van der Waals surface area (Å²) in [7, 11) is 1.58. The molecule has 0 aliphatic rings. The first-order valence-corrected chi connectivity index (χ1v) is 9.89. The highest BCUT2D eigenvalue weighted by molar-refractivity contribution is 5.97. The second-order valence-electron chi connectivity index (χ2n) is 7.33. The van der Waals surface area contributed by atoms with Crippen LogP contribution in [-0.4, -0.2) is 50.9 Å². The number of carbonyl (C=O) groups excluding carboxylic acids is 3. The van der Waals surface area contributed by atoms with Gasteiger partial charge in [0.15, 0.2) is 18.9 Å². The van der Waals surface area contributed by atoms with E-state index in [9.17, 15) is 14.4 Å². The van der Waals surface area contributed by atoms with Gasteiger partial charge in [-0.1, -0.05) is 24.3 Å². The highest BCUT2D eigenvalue weighted by Gasteiger charge is 2.19. The molecular weight excluding hydrogens is 382 g/mol. The second-order valence-corrected chi connectivity index (χ2v) is 7.33. The highest BCUT2D eigenvalue weighted by Crippen LogP contribution is 2.17. The van der Waals surface area contributed by atoms with Gasteiger partial charge >= 0.3 is 0 Å². The first-order valence-electron chi connectivity index (χ1n) is 9.89. The molecule has 1 atom stereocenters. The molecule has 0 heterocycles.